The van der Waals surface area contributed by atoms with Crippen LogP contribution in [0, 0.1) is 13.8 Å². The molecule has 0 fully saturated rings. The van der Waals surface area contributed by atoms with Crippen molar-refractivity contribution in [1.82, 2.24) is 4.57 Å². The van der Waals surface area contributed by atoms with Gasteiger partial charge in [0.05, 0.1) is 0 Å². The minimum absolute atomic E-state index is 0.306. The van der Waals surface area contributed by atoms with E-state index in [1.165, 1.54) is 5.56 Å². The standard InChI is InChI=1S/C14H15NO2/c1-9-4-5-10(2)11(8-9)12-6-7-13(14(16)17)15(12)3/h4-8H,1-3H3,(H,16,17). The van der Waals surface area contributed by atoms with Crippen molar-refractivity contribution in [2.24, 2.45) is 7.05 Å². The molecule has 2 aromatic rings. The molecule has 0 saturated heterocycles. The normalized spacial score (nSPS) is 10.5. The summed E-state index contributed by atoms with van der Waals surface area (Å²) in [4.78, 5) is 11.0. The number of hydrogen-bond acceptors (Lipinski definition) is 1. The highest BCUT2D eigenvalue weighted by molar-refractivity contribution is 5.87. The van der Waals surface area contributed by atoms with Gasteiger partial charge in [-0.2, -0.15) is 0 Å². The molecule has 1 aromatic carbocycles. The van der Waals surface area contributed by atoms with Crippen LogP contribution in [0.2, 0.25) is 0 Å². The minimum atomic E-state index is -0.899. The maximum Gasteiger partial charge on any atom is 0.352 e. The zero-order chi connectivity index (χ0) is 12.6. The third-order valence-corrected chi connectivity index (χ3v) is 3.01. The SMILES string of the molecule is Cc1ccc(C)c(-c2ccc(C(=O)O)n2C)c1. The van der Waals surface area contributed by atoms with E-state index in [1.54, 1.807) is 17.7 Å². The fourth-order valence-electron chi connectivity index (χ4n) is 2.01. The summed E-state index contributed by atoms with van der Waals surface area (Å²) in [5.74, 6) is -0.899. The lowest BCUT2D eigenvalue weighted by atomic mass is 10.0. The predicted molar refractivity (Wildman–Crippen MR) is 67.3 cm³/mol. The number of aromatic nitrogens is 1. The van der Waals surface area contributed by atoms with Crippen LogP contribution in [0.4, 0.5) is 0 Å². The molecule has 0 atom stereocenters. The molecule has 88 valence electrons. The second-order valence-electron chi connectivity index (χ2n) is 4.29. The number of nitrogens with zero attached hydrogens (tertiary/aromatic N) is 1. The van der Waals surface area contributed by atoms with Crippen LogP contribution in [0.3, 0.4) is 0 Å². The van der Waals surface area contributed by atoms with Crippen LogP contribution in [-0.2, 0) is 7.05 Å². The lowest BCUT2D eigenvalue weighted by molar-refractivity contribution is 0.0687. The van der Waals surface area contributed by atoms with Crippen molar-refractivity contribution in [3.8, 4) is 11.3 Å². The van der Waals surface area contributed by atoms with E-state index in [1.807, 2.05) is 19.9 Å². The number of aromatic carboxylic acids is 1. The Labute approximate surface area is 100 Å². The molecule has 1 heterocycles. The van der Waals surface area contributed by atoms with Gasteiger partial charge in [-0.05, 0) is 37.6 Å². The number of carboxylic acid groups (broad SMARTS) is 1. The second-order valence-corrected chi connectivity index (χ2v) is 4.29. The summed E-state index contributed by atoms with van der Waals surface area (Å²) in [6.45, 7) is 4.06. The first-order valence-electron chi connectivity index (χ1n) is 5.47. The Bertz CT molecular complexity index is 582. The van der Waals surface area contributed by atoms with E-state index in [2.05, 4.69) is 18.2 Å². The van der Waals surface area contributed by atoms with Crippen LogP contribution in [-0.4, -0.2) is 15.6 Å². The monoisotopic (exact) mass is 229 g/mol. The Hall–Kier alpha value is -2.03. The minimum Gasteiger partial charge on any atom is -0.477 e. The third kappa shape index (κ3) is 1.96. The lowest BCUT2D eigenvalue weighted by Crippen LogP contribution is -2.05. The van der Waals surface area contributed by atoms with Crippen LogP contribution in [0.5, 0.6) is 0 Å². The molecule has 3 nitrogen and oxygen atoms in total. The van der Waals surface area contributed by atoms with Gasteiger partial charge in [-0.25, -0.2) is 4.79 Å². The lowest BCUT2D eigenvalue weighted by Gasteiger charge is -2.09. The molecule has 17 heavy (non-hydrogen) atoms. The van der Waals surface area contributed by atoms with Crippen LogP contribution in [0.25, 0.3) is 11.3 Å². The molecule has 0 radical (unpaired) electrons. The van der Waals surface area contributed by atoms with E-state index in [0.717, 1.165) is 16.8 Å². The highest BCUT2D eigenvalue weighted by Gasteiger charge is 2.13. The fraction of sp³-hybridized carbons (Fsp3) is 0.214. The van der Waals surface area contributed by atoms with Gasteiger partial charge in [0.25, 0.3) is 0 Å². The van der Waals surface area contributed by atoms with E-state index in [-0.39, 0.29) is 0 Å². The van der Waals surface area contributed by atoms with Gasteiger partial charge in [0.2, 0.25) is 0 Å². The largest absolute Gasteiger partial charge is 0.477 e. The number of carbonyl (C=O) groups is 1. The smallest absolute Gasteiger partial charge is 0.352 e. The molecule has 0 bridgehead atoms. The van der Waals surface area contributed by atoms with E-state index in [0.29, 0.717) is 5.69 Å². The molecule has 0 saturated carbocycles. The predicted octanol–water partition coefficient (Wildman–Crippen LogP) is 3.01. The number of aryl methyl sites for hydroxylation is 2. The first-order chi connectivity index (χ1) is 8.00. The Morgan fingerprint density at radius 2 is 1.88 bits per heavy atom. The Morgan fingerprint density at radius 1 is 1.18 bits per heavy atom. The van der Waals surface area contributed by atoms with Crippen LogP contribution >= 0.6 is 0 Å². The van der Waals surface area contributed by atoms with Crippen molar-refractivity contribution in [3.63, 3.8) is 0 Å². The van der Waals surface area contributed by atoms with E-state index in [4.69, 9.17) is 5.11 Å². The van der Waals surface area contributed by atoms with Crippen molar-refractivity contribution in [3.05, 3.63) is 47.2 Å². The summed E-state index contributed by atoms with van der Waals surface area (Å²) in [6.07, 6.45) is 0. The topological polar surface area (TPSA) is 42.2 Å². The molecule has 0 amide bonds. The first kappa shape index (κ1) is 11.5. The van der Waals surface area contributed by atoms with Crippen molar-refractivity contribution >= 4 is 5.97 Å². The average Bonchev–Trinajstić information content (AvgIpc) is 2.64. The first-order valence-corrected chi connectivity index (χ1v) is 5.47. The maximum absolute atomic E-state index is 11.0. The van der Waals surface area contributed by atoms with Crippen molar-refractivity contribution in [2.45, 2.75) is 13.8 Å². The van der Waals surface area contributed by atoms with Gasteiger partial charge in [-0.1, -0.05) is 17.7 Å². The number of carboxylic acids is 1. The van der Waals surface area contributed by atoms with Crippen LogP contribution < -0.4 is 0 Å². The fourth-order valence-corrected chi connectivity index (χ4v) is 2.01. The molecule has 0 aliphatic heterocycles. The summed E-state index contributed by atoms with van der Waals surface area (Å²) in [6, 6.07) is 9.68. The molecular weight excluding hydrogens is 214 g/mol. The van der Waals surface area contributed by atoms with Gasteiger partial charge in [-0.3, -0.25) is 0 Å². The summed E-state index contributed by atoms with van der Waals surface area (Å²) in [5.41, 5.74) is 4.64. The number of hydrogen-bond donors (Lipinski definition) is 1. The highest BCUT2D eigenvalue weighted by atomic mass is 16.4. The molecule has 1 aromatic heterocycles. The Morgan fingerprint density at radius 3 is 2.47 bits per heavy atom. The molecule has 0 aliphatic carbocycles. The summed E-state index contributed by atoms with van der Waals surface area (Å²) in [5, 5.41) is 9.03. The van der Waals surface area contributed by atoms with E-state index >= 15 is 0 Å². The van der Waals surface area contributed by atoms with Gasteiger partial charge in [0.15, 0.2) is 0 Å². The average molecular weight is 229 g/mol. The van der Waals surface area contributed by atoms with Gasteiger partial charge in [0, 0.05) is 18.3 Å². The van der Waals surface area contributed by atoms with E-state index < -0.39 is 5.97 Å². The molecular formula is C14H15NO2. The summed E-state index contributed by atoms with van der Waals surface area (Å²) < 4.78 is 1.71. The number of benzene rings is 1. The van der Waals surface area contributed by atoms with Crippen LogP contribution in [0.15, 0.2) is 30.3 Å². The van der Waals surface area contributed by atoms with Crippen molar-refractivity contribution < 1.29 is 9.90 Å². The quantitative estimate of drug-likeness (QED) is 0.860. The van der Waals surface area contributed by atoms with Gasteiger partial charge in [0.1, 0.15) is 5.69 Å². The summed E-state index contributed by atoms with van der Waals surface area (Å²) >= 11 is 0. The van der Waals surface area contributed by atoms with Gasteiger partial charge in [-0.15, -0.1) is 0 Å². The summed E-state index contributed by atoms with van der Waals surface area (Å²) in [7, 11) is 1.78. The highest BCUT2D eigenvalue weighted by Crippen LogP contribution is 2.26. The van der Waals surface area contributed by atoms with E-state index in [9.17, 15) is 4.79 Å². The molecule has 3 heteroatoms. The molecule has 0 aliphatic rings. The molecule has 1 N–H and O–H groups in total. The second kappa shape index (κ2) is 4.09. The maximum atomic E-state index is 11.0. The van der Waals surface area contributed by atoms with Gasteiger partial charge >= 0.3 is 5.97 Å². The Balaban J connectivity index is 2.61. The Kier molecular flexibility index (Phi) is 2.76. The molecule has 0 unspecified atom stereocenters. The number of rotatable bonds is 2. The van der Waals surface area contributed by atoms with Crippen molar-refractivity contribution in [1.29, 1.82) is 0 Å². The zero-order valence-electron chi connectivity index (χ0n) is 10.2. The van der Waals surface area contributed by atoms with Gasteiger partial charge < -0.3 is 9.67 Å². The molecule has 2 rings (SSSR count). The molecule has 0 spiro atoms. The van der Waals surface area contributed by atoms with Crippen molar-refractivity contribution in [2.75, 3.05) is 0 Å². The van der Waals surface area contributed by atoms with Crippen LogP contribution in [0.1, 0.15) is 21.6 Å². The zero-order valence-corrected chi connectivity index (χ0v) is 10.2. The third-order valence-electron chi connectivity index (χ3n) is 3.01.